The molecule has 0 spiro atoms. The molecule has 0 fully saturated rings. The summed E-state index contributed by atoms with van der Waals surface area (Å²) in [4.78, 5) is 11.4. The Morgan fingerprint density at radius 3 is 3.00 bits per heavy atom. The Morgan fingerprint density at radius 1 is 1.47 bits per heavy atom. The number of halogens is 1. The molecule has 1 heterocycles. The van der Waals surface area contributed by atoms with Crippen molar-refractivity contribution in [1.29, 1.82) is 0 Å². The Kier molecular flexibility index (Phi) is 3.82. The first-order valence-corrected chi connectivity index (χ1v) is 5.58. The van der Waals surface area contributed by atoms with Gasteiger partial charge < -0.3 is 9.15 Å². The first-order valence-electron chi connectivity index (χ1n) is 5.58. The smallest absolute Gasteiger partial charge is 0.301 e. The Bertz CT molecular complexity index is 595. The average Bonchev–Trinajstić information content (AvgIpc) is 2.87. The van der Waals surface area contributed by atoms with E-state index in [2.05, 4.69) is 0 Å². The number of nitrogen functional groups attached to an aromatic ring is 1. The number of nitrogens with one attached hydrogen (secondary N) is 1. The number of carbonyl (C=O) groups is 1. The molecule has 0 aliphatic heterocycles. The third-order valence-electron chi connectivity index (χ3n) is 2.55. The van der Waals surface area contributed by atoms with Crippen LogP contribution in [0, 0.1) is 12.7 Å². The lowest BCUT2D eigenvalue weighted by Crippen LogP contribution is -2.30. The molecule has 100 valence electrons. The predicted molar refractivity (Wildman–Crippen MR) is 65.8 cm³/mol. The van der Waals surface area contributed by atoms with Gasteiger partial charge in [0.25, 0.3) is 0 Å². The van der Waals surface area contributed by atoms with Crippen molar-refractivity contribution in [3.63, 3.8) is 0 Å². The van der Waals surface area contributed by atoms with E-state index in [9.17, 15) is 9.18 Å². The summed E-state index contributed by atoms with van der Waals surface area (Å²) in [5, 5.41) is 0. The van der Waals surface area contributed by atoms with E-state index < -0.39 is 11.7 Å². The zero-order chi connectivity index (χ0) is 13.8. The number of amides is 1. The van der Waals surface area contributed by atoms with Gasteiger partial charge in [0.2, 0.25) is 0 Å². The van der Waals surface area contributed by atoms with Crippen LogP contribution in [0.4, 0.5) is 4.39 Å². The van der Waals surface area contributed by atoms with Crippen molar-refractivity contribution < 1.29 is 18.3 Å². The molecule has 2 rings (SSSR count). The molecule has 0 saturated carbocycles. The number of benzene rings is 1. The molecule has 1 amide bonds. The maximum Gasteiger partial charge on any atom is 0.301 e. The van der Waals surface area contributed by atoms with E-state index in [0.29, 0.717) is 5.56 Å². The SMILES string of the molecule is Cc1ccc(F)c(OCc2ccoc2C(=O)NN)c1. The van der Waals surface area contributed by atoms with Gasteiger partial charge in [-0.15, -0.1) is 0 Å². The van der Waals surface area contributed by atoms with Crippen LogP contribution < -0.4 is 16.0 Å². The zero-order valence-electron chi connectivity index (χ0n) is 10.3. The largest absolute Gasteiger partial charge is 0.486 e. The number of ether oxygens (including phenoxy) is 1. The molecule has 0 radical (unpaired) electrons. The quantitative estimate of drug-likeness (QED) is 0.502. The van der Waals surface area contributed by atoms with Crippen molar-refractivity contribution in [2.24, 2.45) is 5.84 Å². The van der Waals surface area contributed by atoms with Gasteiger partial charge in [-0.3, -0.25) is 10.2 Å². The van der Waals surface area contributed by atoms with Gasteiger partial charge in [-0.1, -0.05) is 6.07 Å². The highest BCUT2D eigenvalue weighted by molar-refractivity contribution is 5.92. The third kappa shape index (κ3) is 2.92. The molecule has 0 aliphatic rings. The second-order valence-corrected chi connectivity index (χ2v) is 3.97. The molecule has 0 aliphatic carbocycles. The number of hydrazine groups is 1. The number of carbonyl (C=O) groups excluding carboxylic acids is 1. The standard InChI is InChI=1S/C13H13FN2O3/c1-8-2-3-10(14)11(6-8)19-7-9-4-5-18-12(9)13(17)16-15/h2-6H,7,15H2,1H3,(H,16,17). The van der Waals surface area contributed by atoms with E-state index in [0.717, 1.165) is 5.56 Å². The highest BCUT2D eigenvalue weighted by atomic mass is 19.1. The summed E-state index contributed by atoms with van der Waals surface area (Å²) in [5.74, 6) is 4.18. The lowest BCUT2D eigenvalue weighted by atomic mass is 10.2. The van der Waals surface area contributed by atoms with Crippen molar-refractivity contribution in [1.82, 2.24) is 5.43 Å². The summed E-state index contributed by atoms with van der Waals surface area (Å²) >= 11 is 0. The van der Waals surface area contributed by atoms with Crippen molar-refractivity contribution in [3.8, 4) is 5.75 Å². The highest BCUT2D eigenvalue weighted by Crippen LogP contribution is 2.21. The fourth-order valence-corrected chi connectivity index (χ4v) is 1.59. The maximum absolute atomic E-state index is 13.5. The fourth-order valence-electron chi connectivity index (χ4n) is 1.59. The van der Waals surface area contributed by atoms with E-state index in [1.807, 2.05) is 12.3 Å². The maximum atomic E-state index is 13.5. The van der Waals surface area contributed by atoms with E-state index >= 15 is 0 Å². The molecule has 0 bridgehead atoms. The summed E-state index contributed by atoms with van der Waals surface area (Å²) in [6.07, 6.45) is 1.34. The van der Waals surface area contributed by atoms with E-state index in [1.165, 1.54) is 12.3 Å². The first-order chi connectivity index (χ1) is 9.11. The molecule has 0 unspecified atom stereocenters. The van der Waals surface area contributed by atoms with Crippen molar-refractivity contribution in [3.05, 3.63) is 53.2 Å². The summed E-state index contributed by atoms with van der Waals surface area (Å²) in [6, 6.07) is 6.12. The van der Waals surface area contributed by atoms with Gasteiger partial charge in [-0.2, -0.15) is 0 Å². The number of aryl methyl sites for hydroxylation is 1. The van der Waals surface area contributed by atoms with E-state index in [4.69, 9.17) is 15.0 Å². The van der Waals surface area contributed by atoms with Crippen LogP contribution in [-0.2, 0) is 6.61 Å². The number of hydrogen-bond acceptors (Lipinski definition) is 4. The van der Waals surface area contributed by atoms with Gasteiger partial charge in [0.05, 0.1) is 6.26 Å². The Morgan fingerprint density at radius 2 is 2.26 bits per heavy atom. The van der Waals surface area contributed by atoms with Crippen LogP contribution in [0.25, 0.3) is 0 Å². The Labute approximate surface area is 109 Å². The van der Waals surface area contributed by atoms with Crippen molar-refractivity contribution in [2.45, 2.75) is 13.5 Å². The van der Waals surface area contributed by atoms with Crippen LogP contribution in [0.5, 0.6) is 5.75 Å². The topological polar surface area (TPSA) is 77.5 Å². The number of hydrogen-bond donors (Lipinski definition) is 2. The van der Waals surface area contributed by atoms with Crippen LogP contribution >= 0.6 is 0 Å². The number of nitrogens with two attached hydrogens (primary N) is 1. The van der Waals surface area contributed by atoms with Gasteiger partial charge >= 0.3 is 5.91 Å². The highest BCUT2D eigenvalue weighted by Gasteiger charge is 2.15. The summed E-state index contributed by atoms with van der Waals surface area (Å²) < 4.78 is 23.8. The minimum atomic E-state index is -0.562. The van der Waals surface area contributed by atoms with Crippen LogP contribution in [0.1, 0.15) is 21.7 Å². The molecular weight excluding hydrogens is 251 g/mol. The first kappa shape index (κ1) is 13.1. The Hall–Kier alpha value is -2.34. The van der Waals surface area contributed by atoms with Crippen LogP contribution in [0.15, 0.2) is 34.9 Å². The minimum Gasteiger partial charge on any atom is -0.486 e. The summed E-state index contributed by atoms with van der Waals surface area (Å²) in [7, 11) is 0. The normalized spacial score (nSPS) is 10.3. The summed E-state index contributed by atoms with van der Waals surface area (Å²) in [6.45, 7) is 1.84. The fraction of sp³-hybridized carbons (Fsp3) is 0.154. The van der Waals surface area contributed by atoms with Gasteiger partial charge in [0.1, 0.15) is 6.61 Å². The lowest BCUT2D eigenvalue weighted by Gasteiger charge is -2.07. The van der Waals surface area contributed by atoms with Gasteiger partial charge in [0, 0.05) is 5.56 Å². The summed E-state index contributed by atoms with van der Waals surface area (Å²) in [5.41, 5.74) is 3.33. The number of rotatable bonds is 4. The molecule has 6 heteroatoms. The molecule has 2 aromatic rings. The van der Waals surface area contributed by atoms with Crippen molar-refractivity contribution in [2.75, 3.05) is 0 Å². The monoisotopic (exact) mass is 264 g/mol. The van der Waals surface area contributed by atoms with Crippen LogP contribution in [-0.4, -0.2) is 5.91 Å². The van der Waals surface area contributed by atoms with Crippen LogP contribution in [0.2, 0.25) is 0 Å². The zero-order valence-corrected chi connectivity index (χ0v) is 10.3. The predicted octanol–water partition coefficient (Wildman–Crippen LogP) is 1.91. The van der Waals surface area contributed by atoms with Gasteiger partial charge in [0.15, 0.2) is 17.3 Å². The molecule has 1 aromatic carbocycles. The molecular formula is C13H13FN2O3. The number of furan rings is 1. The van der Waals surface area contributed by atoms with Gasteiger partial charge in [-0.05, 0) is 30.7 Å². The second kappa shape index (κ2) is 5.53. The molecule has 19 heavy (non-hydrogen) atoms. The Balaban J connectivity index is 2.13. The lowest BCUT2D eigenvalue weighted by molar-refractivity contribution is 0.0922. The minimum absolute atomic E-state index is 0.0135. The molecule has 1 aromatic heterocycles. The van der Waals surface area contributed by atoms with E-state index in [1.54, 1.807) is 18.2 Å². The molecule has 0 atom stereocenters. The van der Waals surface area contributed by atoms with Crippen LogP contribution in [0.3, 0.4) is 0 Å². The molecule has 0 saturated heterocycles. The van der Waals surface area contributed by atoms with Gasteiger partial charge in [-0.25, -0.2) is 10.2 Å². The third-order valence-corrected chi connectivity index (χ3v) is 2.55. The molecule has 5 nitrogen and oxygen atoms in total. The molecule has 3 N–H and O–H groups in total. The van der Waals surface area contributed by atoms with Crippen molar-refractivity contribution >= 4 is 5.91 Å². The van der Waals surface area contributed by atoms with E-state index in [-0.39, 0.29) is 18.1 Å². The second-order valence-electron chi connectivity index (χ2n) is 3.97. The average molecular weight is 264 g/mol.